The molecule has 0 radical (unpaired) electrons. The third kappa shape index (κ3) is 3.35. The molecule has 0 amide bonds. The Hall–Kier alpha value is -1.61. The number of aliphatic imine (C=N–C) groups is 1. The number of benzene rings is 1. The quantitative estimate of drug-likeness (QED) is 0.675. The Labute approximate surface area is 131 Å². The largest absolute Gasteiger partial charge is 0.497 e. The minimum absolute atomic E-state index is 0.495. The average molecular weight is 301 g/mol. The fourth-order valence-electron chi connectivity index (χ4n) is 2.38. The zero-order valence-electron chi connectivity index (χ0n) is 13.4. The van der Waals surface area contributed by atoms with Crippen LogP contribution in [-0.2, 0) is 0 Å². The lowest BCUT2D eigenvalue weighted by Gasteiger charge is -2.10. The molecule has 3 heteroatoms. The molecule has 0 saturated carbocycles. The lowest BCUT2D eigenvalue weighted by atomic mass is 9.98. The van der Waals surface area contributed by atoms with Crippen molar-refractivity contribution >= 4 is 32.7 Å². The molecule has 0 spiro atoms. The summed E-state index contributed by atoms with van der Waals surface area (Å²) in [5.41, 5.74) is 3.73. The number of thiophene rings is 1. The zero-order valence-corrected chi connectivity index (χ0v) is 14.3. The van der Waals surface area contributed by atoms with E-state index in [1.54, 1.807) is 18.4 Å². The molecule has 1 aromatic heterocycles. The Morgan fingerprint density at radius 3 is 2.81 bits per heavy atom. The van der Waals surface area contributed by atoms with E-state index in [0.29, 0.717) is 5.92 Å². The maximum absolute atomic E-state index is 5.29. The summed E-state index contributed by atoms with van der Waals surface area (Å²) < 4.78 is 6.55. The summed E-state index contributed by atoms with van der Waals surface area (Å²) in [6.45, 7) is 6.59. The number of ether oxygens (including phenoxy) is 1. The third-order valence-electron chi connectivity index (χ3n) is 3.95. The first-order valence-electron chi connectivity index (χ1n) is 7.31. The molecule has 0 bridgehead atoms. The molecule has 112 valence electrons. The van der Waals surface area contributed by atoms with Gasteiger partial charge in [0.1, 0.15) is 5.75 Å². The van der Waals surface area contributed by atoms with E-state index in [1.165, 1.54) is 26.9 Å². The fourth-order valence-corrected chi connectivity index (χ4v) is 3.42. The van der Waals surface area contributed by atoms with Gasteiger partial charge in [0.05, 0.1) is 7.11 Å². The van der Waals surface area contributed by atoms with Crippen LogP contribution in [0.3, 0.4) is 0 Å². The van der Waals surface area contributed by atoms with E-state index in [4.69, 9.17) is 4.74 Å². The highest BCUT2D eigenvalue weighted by molar-refractivity contribution is 7.17. The van der Waals surface area contributed by atoms with Crippen molar-refractivity contribution in [2.75, 3.05) is 14.2 Å². The van der Waals surface area contributed by atoms with Crippen molar-refractivity contribution < 1.29 is 4.74 Å². The summed E-state index contributed by atoms with van der Waals surface area (Å²) in [6.07, 6.45) is 3.33. The average Bonchev–Trinajstić information content (AvgIpc) is 2.94. The molecule has 0 aliphatic rings. The first-order chi connectivity index (χ1) is 10.1. The van der Waals surface area contributed by atoms with Crippen LogP contribution < -0.4 is 4.74 Å². The standard InChI is InChI=1S/C18H23NOS/c1-6-12(2)17(19-4)9-13(3)16-11-21-18-10-14(20-5)7-8-15(16)18/h7-12H,6H2,1-5H3/b13-9+,19-17?. The molecule has 2 aromatic rings. The van der Waals surface area contributed by atoms with E-state index in [2.05, 4.69) is 49.4 Å². The van der Waals surface area contributed by atoms with Crippen molar-refractivity contribution in [3.8, 4) is 5.75 Å². The molecular formula is C18H23NOS. The van der Waals surface area contributed by atoms with Gasteiger partial charge in [-0.05, 0) is 60.1 Å². The van der Waals surface area contributed by atoms with E-state index in [9.17, 15) is 0 Å². The van der Waals surface area contributed by atoms with Crippen molar-refractivity contribution in [3.05, 3.63) is 35.2 Å². The van der Waals surface area contributed by atoms with Gasteiger partial charge in [-0.15, -0.1) is 11.3 Å². The second-order valence-electron chi connectivity index (χ2n) is 5.30. The van der Waals surface area contributed by atoms with Gasteiger partial charge in [0, 0.05) is 22.8 Å². The topological polar surface area (TPSA) is 21.6 Å². The number of fused-ring (bicyclic) bond motifs is 1. The Morgan fingerprint density at radius 2 is 2.19 bits per heavy atom. The van der Waals surface area contributed by atoms with Crippen LogP contribution >= 0.6 is 11.3 Å². The summed E-state index contributed by atoms with van der Waals surface area (Å²) in [6, 6.07) is 6.26. The van der Waals surface area contributed by atoms with E-state index < -0.39 is 0 Å². The molecule has 0 aliphatic carbocycles. The van der Waals surface area contributed by atoms with Crippen LogP contribution in [0, 0.1) is 5.92 Å². The highest BCUT2D eigenvalue weighted by Crippen LogP contribution is 2.33. The second kappa shape index (κ2) is 6.90. The molecule has 2 rings (SSSR count). The van der Waals surface area contributed by atoms with E-state index >= 15 is 0 Å². The molecule has 0 fully saturated rings. The van der Waals surface area contributed by atoms with Crippen molar-refractivity contribution in [2.45, 2.75) is 27.2 Å². The van der Waals surface area contributed by atoms with Crippen LogP contribution in [-0.4, -0.2) is 19.9 Å². The second-order valence-corrected chi connectivity index (χ2v) is 6.21. The van der Waals surface area contributed by atoms with E-state index in [1.807, 2.05) is 13.1 Å². The summed E-state index contributed by atoms with van der Waals surface area (Å²) >= 11 is 1.76. The molecular weight excluding hydrogens is 278 g/mol. The van der Waals surface area contributed by atoms with Crippen molar-refractivity contribution in [2.24, 2.45) is 10.9 Å². The molecule has 0 aliphatic heterocycles. The summed E-state index contributed by atoms with van der Waals surface area (Å²) in [4.78, 5) is 4.44. The number of nitrogens with zero attached hydrogens (tertiary/aromatic N) is 1. The van der Waals surface area contributed by atoms with E-state index in [-0.39, 0.29) is 0 Å². The van der Waals surface area contributed by atoms with Crippen LogP contribution in [0.1, 0.15) is 32.8 Å². The lowest BCUT2D eigenvalue weighted by Crippen LogP contribution is -2.07. The number of hydrogen-bond acceptors (Lipinski definition) is 3. The summed E-state index contributed by atoms with van der Waals surface area (Å²) in [5, 5.41) is 3.51. The van der Waals surface area contributed by atoms with Crippen LogP contribution in [0.5, 0.6) is 5.75 Å². The smallest absolute Gasteiger partial charge is 0.120 e. The molecule has 21 heavy (non-hydrogen) atoms. The normalized spacial score (nSPS) is 14.5. The highest BCUT2D eigenvalue weighted by atomic mass is 32.1. The summed E-state index contributed by atoms with van der Waals surface area (Å²) in [7, 11) is 3.58. The van der Waals surface area contributed by atoms with Gasteiger partial charge in [-0.3, -0.25) is 4.99 Å². The molecule has 1 atom stereocenters. The van der Waals surface area contributed by atoms with Crippen LogP contribution in [0.2, 0.25) is 0 Å². The monoisotopic (exact) mass is 301 g/mol. The first-order valence-corrected chi connectivity index (χ1v) is 8.19. The Balaban J connectivity index is 2.41. The van der Waals surface area contributed by atoms with Gasteiger partial charge in [0.2, 0.25) is 0 Å². The molecule has 0 saturated heterocycles. The van der Waals surface area contributed by atoms with Crippen LogP contribution in [0.15, 0.2) is 34.6 Å². The van der Waals surface area contributed by atoms with Gasteiger partial charge in [-0.25, -0.2) is 0 Å². The number of hydrogen-bond donors (Lipinski definition) is 0. The summed E-state index contributed by atoms with van der Waals surface area (Å²) in [5.74, 6) is 1.41. The number of allylic oxidation sites excluding steroid dienone is 2. The molecule has 2 nitrogen and oxygen atoms in total. The predicted octanol–water partition coefficient (Wildman–Crippen LogP) is 5.43. The van der Waals surface area contributed by atoms with Gasteiger partial charge in [0.15, 0.2) is 0 Å². The lowest BCUT2D eigenvalue weighted by molar-refractivity contribution is 0.415. The minimum atomic E-state index is 0.495. The third-order valence-corrected chi connectivity index (χ3v) is 4.89. The predicted molar refractivity (Wildman–Crippen MR) is 94.8 cm³/mol. The first kappa shape index (κ1) is 15.8. The molecule has 0 N–H and O–H groups in total. The number of methoxy groups -OCH3 is 1. The van der Waals surface area contributed by atoms with Gasteiger partial charge < -0.3 is 4.74 Å². The van der Waals surface area contributed by atoms with Gasteiger partial charge >= 0.3 is 0 Å². The van der Waals surface area contributed by atoms with Crippen LogP contribution in [0.4, 0.5) is 0 Å². The van der Waals surface area contributed by atoms with Crippen molar-refractivity contribution in [3.63, 3.8) is 0 Å². The number of rotatable bonds is 5. The van der Waals surface area contributed by atoms with Crippen LogP contribution in [0.25, 0.3) is 15.7 Å². The van der Waals surface area contributed by atoms with E-state index in [0.717, 1.165) is 12.2 Å². The fraction of sp³-hybridized carbons (Fsp3) is 0.389. The maximum atomic E-state index is 5.29. The van der Waals surface area contributed by atoms with Gasteiger partial charge in [-0.1, -0.05) is 13.8 Å². The maximum Gasteiger partial charge on any atom is 0.120 e. The zero-order chi connectivity index (χ0) is 15.4. The van der Waals surface area contributed by atoms with Crippen molar-refractivity contribution in [1.29, 1.82) is 0 Å². The van der Waals surface area contributed by atoms with Gasteiger partial charge in [0.25, 0.3) is 0 Å². The Morgan fingerprint density at radius 1 is 1.43 bits per heavy atom. The molecule has 1 aromatic carbocycles. The minimum Gasteiger partial charge on any atom is -0.497 e. The highest BCUT2D eigenvalue weighted by Gasteiger charge is 2.10. The Bertz CT molecular complexity index is 682. The Kier molecular flexibility index (Phi) is 5.18. The molecule has 1 unspecified atom stereocenters. The SMILES string of the molecule is CCC(C)C(/C=C(\C)c1csc2cc(OC)ccc12)=NC. The van der Waals surface area contributed by atoms with Gasteiger partial charge in [-0.2, -0.15) is 0 Å². The molecule has 1 heterocycles. The van der Waals surface area contributed by atoms with Crippen molar-refractivity contribution in [1.82, 2.24) is 0 Å².